The van der Waals surface area contributed by atoms with Gasteiger partial charge in [-0.2, -0.15) is 0 Å². The number of rotatable bonds is 7. The largest absolute Gasteiger partial charge is 1.00 e. The molecule has 0 radical (unpaired) electrons. The van der Waals surface area contributed by atoms with E-state index in [4.69, 9.17) is 0 Å². The van der Waals surface area contributed by atoms with Crippen LogP contribution in [0, 0.1) is 13.8 Å². The number of aryl methyl sites for hydroxylation is 2. The number of halogens is 2. The first-order chi connectivity index (χ1) is 26.4. The molecule has 57 heavy (non-hydrogen) atoms. The van der Waals surface area contributed by atoms with Gasteiger partial charge in [0.15, 0.2) is 0 Å². The van der Waals surface area contributed by atoms with Crippen LogP contribution in [0.15, 0.2) is 155 Å². The van der Waals surface area contributed by atoms with E-state index in [0.717, 1.165) is 12.8 Å². The molecule has 0 nitrogen and oxygen atoms in total. The second kappa shape index (κ2) is 17.2. The van der Waals surface area contributed by atoms with E-state index in [1.54, 1.807) is 6.49 Å². The maximum atomic E-state index is 2.67. The molecule has 0 bridgehead atoms. The van der Waals surface area contributed by atoms with Crippen molar-refractivity contribution in [1.82, 2.24) is 0 Å². The van der Waals surface area contributed by atoms with E-state index in [2.05, 4.69) is 207 Å². The zero-order valence-corrected chi connectivity index (χ0v) is 38.7. The first-order valence-electron chi connectivity index (χ1n) is 20.1. The van der Waals surface area contributed by atoms with Crippen molar-refractivity contribution >= 4 is 3.21 Å². The predicted octanol–water partition coefficient (Wildman–Crippen LogP) is 8.24. The average Bonchev–Trinajstić information content (AvgIpc) is 3.81. The first kappa shape index (κ1) is 42.7. The van der Waals surface area contributed by atoms with Crippen molar-refractivity contribution in [2.24, 2.45) is 0 Å². The van der Waals surface area contributed by atoms with Crippen molar-refractivity contribution in [1.29, 1.82) is 0 Å². The van der Waals surface area contributed by atoms with Gasteiger partial charge in [-0.05, 0) is 0 Å². The fraction of sp³-hybridized carbons (Fsp3) is 0.241. The first-order valence-corrected chi connectivity index (χ1v) is 24.0. The molecule has 0 aromatic heterocycles. The second-order valence-corrected chi connectivity index (χ2v) is 24.3. The Morgan fingerprint density at radius 2 is 1.00 bits per heavy atom. The van der Waals surface area contributed by atoms with Crippen molar-refractivity contribution in [2.45, 2.75) is 82.7 Å². The smallest absolute Gasteiger partial charge is 1.00 e. The summed E-state index contributed by atoms with van der Waals surface area (Å²) in [4.78, 5) is 0. The Labute approximate surface area is 362 Å². The van der Waals surface area contributed by atoms with E-state index in [-0.39, 0.29) is 35.6 Å². The minimum Gasteiger partial charge on any atom is -1.00 e. The fourth-order valence-electron chi connectivity index (χ4n) is 9.08. The standard InChI is InChI=1S/C35H37.C14H12.C5H5.2ClH.Zr/c1-22-13-9-11-15-26(22)30-18-24-17-25-19-31(27-16-12-10-14-23(27)2)33(35(6,7)8)21-29(25)28(24)20-32(30)34(3,4)5;1-3-7-13(8-4-1)11-12-14-9-5-2-6-10-14;1-2-4-5-3-1;;;/h9-21H,1-8H3;1-10H,11H2;1-3H,4H2;2*1H;/q;;;;;+2/p-2. The van der Waals surface area contributed by atoms with Gasteiger partial charge in [-0.1, -0.05) is 0 Å². The van der Waals surface area contributed by atoms with Crippen molar-refractivity contribution in [3.05, 3.63) is 199 Å². The van der Waals surface area contributed by atoms with Gasteiger partial charge in [0.1, 0.15) is 0 Å². The Morgan fingerprint density at radius 3 is 1.44 bits per heavy atom. The number of hydrogen-bond acceptors (Lipinski definition) is 0. The van der Waals surface area contributed by atoms with Crippen LogP contribution in [-0.2, 0) is 38.5 Å². The molecule has 0 saturated heterocycles. The van der Waals surface area contributed by atoms with Gasteiger partial charge in [0.2, 0.25) is 0 Å². The summed E-state index contributed by atoms with van der Waals surface area (Å²) in [7, 11) is 0. The molecule has 288 valence electrons. The van der Waals surface area contributed by atoms with Gasteiger partial charge < -0.3 is 24.8 Å². The molecule has 0 aliphatic heterocycles. The summed E-state index contributed by atoms with van der Waals surface area (Å²) in [5.74, 6) is 0. The Kier molecular flexibility index (Phi) is 12.9. The van der Waals surface area contributed by atoms with Crippen LogP contribution in [-0.4, -0.2) is 3.21 Å². The van der Waals surface area contributed by atoms with E-state index >= 15 is 0 Å². The van der Waals surface area contributed by atoms with Gasteiger partial charge in [-0.25, -0.2) is 0 Å². The fourth-order valence-corrected chi connectivity index (χ4v) is 18.2. The van der Waals surface area contributed by atoms with Crippen LogP contribution in [0.25, 0.3) is 33.4 Å². The summed E-state index contributed by atoms with van der Waals surface area (Å²) in [5, 5.41) is 0. The molecule has 2 aliphatic rings. The van der Waals surface area contributed by atoms with Gasteiger partial charge in [0.25, 0.3) is 0 Å². The SMILES string of the molecule is Cc1ccccc1-c1cc2c(cc1C(C)(C)C)-c1cc(C(C)(C)C)c(-c3ccccc3C)cc1[CH]2/[Zr+2]([C]1=CC=CC1)=[C](\Cc1ccccc1)c1ccccc1.[Cl-].[Cl-]. The van der Waals surface area contributed by atoms with E-state index in [9.17, 15) is 0 Å². The molecule has 0 fully saturated rings. The minimum absolute atomic E-state index is 0. The molecule has 0 amide bonds. The van der Waals surface area contributed by atoms with E-state index in [1.807, 2.05) is 0 Å². The molecule has 0 saturated carbocycles. The van der Waals surface area contributed by atoms with Crippen LogP contribution < -0.4 is 24.8 Å². The average molecular weight is 865 g/mol. The van der Waals surface area contributed by atoms with Gasteiger partial charge in [0, 0.05) is 0 Å². The van der Waals surface area contributed by atoms with Crippen LogP contribution in [0.4, 0.5) is 0 Å². The Morgan fingerprint density at radius 1 is 0.544 bits per heavy atom. The topological polar surface area (TPSA) is 0 Å². The zero-order valence-electron chi connectivity index (χ0n) is 34.7. The number of benzene rings is 6. The van der Waals surface area contributed by atoms with Gasteiger partial charge in [-0.3, -0.25) is 0 Å². The summed E-state index contributed by atoms with van der Waals surface area (Å²) >= 11 is -2.87. The van der Waals surface area contributed by atoms with Crippen LogP contribution in [0.2, 0.25) is 0 Å². The molecule has 2 aliphatic carbocycles. The summed E-state index contributed by atoms with van der Waals surface area (Å²) < 4.78 is 3.70. The predicted molar refractivity (Wildman–Crippen MR) is 234 cm³/mol. The third-order valence-corrected chi connectivity index (χ3v) is 20.2. The Bertz CT molecular complexity index is 2390. The normalized spacial score (nSPS) is 13.6. The maximum absolute atomic E-state index is 2.87. The third kappa shape index (κ3) is 8.37. The number of fused-ring (bicyclic) bond motifs is 3. The van der Waals surface area contributed by atoms with Crippen molar-refractivity contribution < 1.29 is 46.1 Å². The van der Waals surface area contributed by atoms with Crippen LogP contribution in [0.1, 0.15) is 96.1 Å². The quantitative estimate of drug-likeness (QED) is 0.152. The van der Waals surface area contributed by atoms with Crippen molar-refractivity contribution in [3.8, 4) is 33.4 Å². The van der Waals surface area contributed by atoms with E-state index in [0.29, 0.717) is 3.63 Å². The monoisotopic (exact) mass is 862 g/mol. The molecular weight excluding hydrogens is 811 g/mol. The van der Waals surface area contributed by atoms with Crippen LogP contribution in [0.5, 0.6) is 0 Å². The van der Waals surface area contributed by atoms with Crippen LogP contribution >= 0.6 is 0 Å². The number of allylic oxidation sites excluding steroid dienone is 4. The summed E-state index contributed by atoms with van der Waals surface area (Å²) in [6, 6.07) is 51.3. The molecule has 0 atom stereocenters. The number of hydrogen-bond donors (Lipinski definition) is 0. The second-order valence-electron chi connectivity index (χ2n) is 17.8. The van der Waals surface area contributed by atoms with E-state index < -0.39 is 21.3 Å². The molecule has 0 spiro atoms. The summed E-state index contributed by atoms with van der Waals surface area (Å²) in [6.45, 7) is 18.9. The molecular formula is C54H54Cl2Zr. The van der Waals surface area contributed by atoms with Gasteiger partial charge in [0.05, 0.1) is 0 Å². The van der Waals surface area contributed by atoms with Crippen LogP contribution in [0.3, 0.4) is 0 Å². The summed E-state index contributed by atoms with van der Waals surface area (Å²) in [5.41, 5.74) is 19.7. The molecule has 6 aromatic rings. The molecule has 3 heteroatoms. The molecule has 8 rings (SSSR count). The van der Waals surface area contributed by atoms with Gasteiger partial charge >= 0.3 is 340 Å². The molecule has 0 unspecified atom stereocenters. The molecule has 6 aromatic carbocycles. The molecule has 0 N–H and O–H groups in total. The summed E-state index contributed by atoms with van der Waals surface area (Å²) in [6.07, 6.45) is 9.28. The van der Waals surface area contributed by atoms with Crippen molar-refractivity contribution in [3.63, 3.8) is 0 Å². The Hall–Kier alpha value is -3.87. The zero-order chi connectivity index (χ0) is 38.5. The van der Waals surface area contributed by atoms with Crippen molar-refractivity contribution in [2.75, 3.05) is 0 Å². The van der Waals surface area contributed by atoms with E-state index in [1.165, 1.54) is 77.9 Å². The maximum Gasteiger partial charge on any atom is -1.00 e. The minimum atomic E-state index is -2.87. The third-order valence-electron chi connectivity index (χ3n) is 11.9. The molecule has 0 heterocycles. The van der Waals surface area contributed by atoms with Gasteiger partial charge in [-0.15, -0.1) is 0 Å². The Balaban J connectivity index is 0.00000275.